The Balaban J connectivity index is 1.83. The van der Waals surface area contributed by atoms with Crippen molar-refractivity contribution in [1.29, 1.82) is 0 Å². The Bertz CT molecular complexity index is 834. The smallest absolute Gasteiger partial charge is 0.329 e. The molecule has 3 rings (SSSR count). The lowest BCUT2D eigenvalue weighted by atomic mass is 9.95. The van der Waals surface area contributed by atoms with E-state index in [0.29, 0.717) is 23.2 Å². The largest absolute Gasteiger partial charge is 0.494 e. The normalized spacial score (nSPS) is 14.6. The number of imidazole rings is 1. The van der Waals surface area contributed by atoms with Gasteiger partial charge < -0.3 is 21.1 Å². The maximum Gasteiger partial charge on any atom is 0.329 e. The highest BCUT2D eigenvalue weighted by atomic mass is 16.5. The van der Waals surface area contributed by atoms with E-state index in [1.807, 2.05) is 18.0 Å². The number of benzene rings is 1. The fraction of sp³-hybridized carbons (Fsp3) is 0.421. The molecule has 1 amide bonds. The number of ether oxygens (including phenoxy) is 1. The van der Waals surface area contributed by atoms with Crippen LogP contribution >= 0.6 is 0 Å². The Morgan fingerprint density at radius 1 is 1.30 bits per heavy atom. The molecule has 2 aromatic rings. The molecule has 0 spiro atoms. The van der Waals surface area contributed by atoms with Crippen molar-refractivity contribution in [1.82, 2.24) is 14.5 Å². The summed E-state index contributed by atoms with van der Waals surface area (Å²) in [6.07, 6.45) is 9.00. The van der Waals surface area contributed by atoms with Crippen molar-refractivity contribution in [3.63, 3.8) is 0 Å². The summed E-state index contributed by atoms with van der Waals surface area (Å²) >= 11 is 0. The molecule has 0 aliphatic heterocycles. The minimum atomic E-state index is -0.0707. The number of carbonyl (C=O) groups excluding carboxylic acids is 1. The second kappa shape index (κ2) is 8.11. The van der Waals surface area contributed by atoms with Crippen LogP contribution in [0.2, 0.25) is 0 Å². The molecule has 8 nitrogen and oxygen atoms in total. The lowest BCUT2D eigenvalue weighted by Crippen LogP contribution is -2.40. The number of guanidine groups is 1. The Labute approximate surface area is 158 Å². The maximum absolute atomic E-state index is 12.8. The predicted octanol–water partition coefficient (Wildman–Crippen LogP) is 2.70. The molecule has 1 aromatic heterocycles. The van der Waals surface area contributed by atoms with E-state index >= 15 is 0 Å². The van der Waals surface area contributed by atoms with Crippen LogP contribution in [0.4, 0.5) is 10.5 Å². The number of carbonyl (C=O) groups is 1. The Kier molecular flexibility index (Phi) is 5.63. The molecule has 1 heterocycles. The van der Waals surface area contributed by atoms with Gasteiger partial charge in [0, 0.05) is 24.8 Å². The van der Waals surface area contributed by atoms with Gasteiger partial charge in [0.25, 0.3) is 0 Å². The van der Waals surface area contributed by atoms with Gasteiger partial charge in [0.2, 0.25) is 0 Å². The van der Waals surface area contributed by atoms with E-state index in [2.05, 4.69) is 9.98 Å². The highest BCUT2D eigenvalue weighted by Crippen LogP contribution is 2.32. The number of nitrogens with zero attached hydrogens (tertiary/aromatic N) is 4. The number of aromatic nitrogens is 2. The first-order chi connectivity index (χ1) is 13.0. The van der Waals surface area contributed by atoms with E-state index < -0.39 is 0 Å². The average molecular weight is 370 g/mol. The number of nitrogens with two attached hydrogens (primary N) is 2. The molecule has 1 saturated carbocycles. The Hall–Kier alpha value is -3.03. The molecule has 0 radical (unpaired) electrons. The van der Waals surface area contributed by atoms with E-state index in [4.69, 9.17) is 16.2 Å². The van der Waals surface area contributed by atoms with Crippen LogP contribution in [0.5, 0.6) is 5.75 Å². The van der Waals surface area contributed by atoms with Gasteiger partial charge in [0.15, 0.2) is 5.96 Å². The van der Waals surface area contributed by atoms with Gasteiger partial charge in [-0.2, -0.15) is 0 Å². The van der Waals surface area contributed by atoms with E-state index in [1.54, 1.807) is 31.8 Å². The molecule has 1 fully saturated rings. The number of hydrogen-bond donors (Lipinski definition) is 2. The zero-order valence-corrected chi connectivity index (χ0v) is 15.8. The number of amides is 1. The molecule has 0 bridgehead atoms. The van der Waals surface area contributed by atoms with Crippen LogP contribution in [0.3, 0.4) is 0 Å². The second-order valence-electron chi connectivity index (χ2n) is 6.77. The summed E-state index contributed by atoms with van der Waals surface area (Å²) in [5.74, 6) is 0.500. The van der Waals surface area contributed by atoms with Gasteiger partial charge in [-0.1, -0.05) is 19.3 Å². The number of hydrogen-bond acceptors (Lipinski definition) is 4. The number of aliphatic imine (C=N–C) groups is 1. The fourth-order valence-electron chi connectivity index (χ4n) is 3.46. The van der Waals surface area contributed by atoms with Crippen molar-refractivity contribution in [2.45, 2.75) is 38.1 Å². The van der Waals surface area contributed by atoms with Gasteiger partial charge in [-0.3, -0.25) is 4.57 Å². The Morgan fingerprint density at radius 3 is 2.70 bits per heavy atom. The lowest BCUT2D eigenvalue weighted by molar-refractivity contribution is 0.175. The van der Waals surface area contributed by atoms with Crippen LogP contribution in [-0.4, -0.2) is 46.6 Å². The van der Waals surface area contributed by atoms with E-state index in [0.717, 1.165) is 18.4 Å². The van der Waals surface area contributed by atoms with Crippen LogP contribution in [0, 0.1) is 0 Å². The summed E-state index contributed by atoms with van der Waals surface area (Å²) in [5, 5.41) is 0. The molecule has 0 saturated heterocycles. The Morgan fingerprint density at radius 2 is 2.04 bits per heavy atom. The zero-order valence-electron chi connectivity index (χ0n) is 15.8. The standard InChI is InChI=1S/C19H26N6O2/c1-24(14-6-4-3-5-7-14)19(26)25-11-16(22-12-25)13-8-9-17(27-2)15(10-13)23-18(20)21/h8-12,14H,3-7H2,1-2H3,(H4,20,21,23). The molecule has 1 aromatic carbocycles. The van der Waals surface area contributed by atoms with Gasteiger partial charge in [-0.05, 0) is 31.0 Å². The molecule has 144 valence electrons. The highest BCUT2D eigenvalue weighted by Gasteiger charge is 2.23. The summed E-state index contributed by atoms with van der Waals surface area (Å²) in [5.41, 5.74) is 12.9. The average Bonchev–Trinajstić information content (AvgIpc) is 3.17. The summed E-state index contributed by atoms with van der Waals surface area (Å²) in [7, 11) is 3.41. The lowest BCUT2D eigenvalue weighted by Gasteiger charge is -2.31. The number of rotatable bonds is 4. The first-order valence-corrected chi connectivity index (χ1v) is 9.09. The van der Waals surface area contributed by atoms with Crippen LogP contribution in [0.1, 0.15) is 32.1 Å². The molecule has 1 aliphatic rings. The number of methoxy groups -OCH3 is 1. The summed E-state index contributed by atoms with van der Waals surface area (Å²) in [4.78, 5) is 23.1. The third-order valence-corrected chi connectivity index (χ3v) is 4.95. The summed E-state index contributed by atoms with van der Waals surface area (Å²) in [6.45, 7) is 0. The monoisotopic (exact) mass is 370 g/mol. The van der Waals surface area contributed by atoms with Crippen molar-refractivity contribution in [3.8, 4) is 17.0 Å². The first-order valence-electron chi connectivity index (χ1n) is 9.09. The van der Waals surface area contributed by atoms with Gasteiger partial charge in [0.05, 0.1) is 12.8 Å². The van der Waals surface area contributed by atoms with Crippen molar-refractivity contribution in [2.24, 2.45) is 16.5 Å². The highest BCUT2D eigenvalue weighted by molar-refractivity contribution is 5.82. The van der Waals surface area contributed by atoms with Crippen molar-refractivity contribution >= 4 is 17.7 Å². The van der Waals surface area contributed by atoms with E-state index in [-0.39, 0.29) is 12.0 Å². The van der Waals surface area contributed by atoms with Crippen LogP contribution in [-0.2, 0) is 0 Å². The fourth-order valence-corrected chi connectivity index (χ4v) is 3.46. The van der Waals surface area contributed by atoms with Crippen LogP contribution < -0.4 is 16.2 Å². The zero-order chi connectivity index (χ0) is 19.4. The van der Waals surface area contributed by atoms with E-state index in [1.165, 1.54) is 23.8 Å². The van der Waals surface area contributed by atoms with Crippen molar-refractivity contribution in [3.05, 3.63) is 30.7 Å². The third-order valence-electron chi connectivity index (χ3n) is 4.95. The maximum atomic E-state index is 12.8. The molecule has 1 aliphatic carbocycles. The second-order valence-corrected chi connectivity index (χ2v) is 6.77. The van der Waals surface area contributed by atoms with Gasteiger partial charge >= 0.3 is 6.03 Å². The van der Waals surface area contributed by atoms with Crippen LogP contribution in [0.15, 0.2) is 35.7 Å². The van der Waals surface area contributed by atoms with Crippen molar-refractivity contribution in [2.75, 3.05) is 14.2 Å². The predicted molar refractivity (Wildman–Crippen MR) is 105 cm³/mol. The third kappa shape index (κ3) is 4.21. The van der Waals surface area contributed by atoms with Gasteiger partial charge in [-0.25, -0.2) is 14.8 Å². The molecule has 0 atom stereocenters. The summed E-state index contributed by atoms with van der Waals surface area (Å²) < 4.78 is 6.80. The molecular weight excluding hydrogens is 344 g/mol. The minimum Gasteiger partial charge on any atom is -0.494 e. The minimum absolute atomic E-state index is 0.0553. The molecule has 0 unspecified atom stereocenters. The molecule has 4 N–H and O–H groups in total. The molecular formula is C19H26N6O2. The molecule has 8 heteroatoms. The van der Waals surface area contributed by atoms with Crippen LogP contribution in [0.25, 0.3) is 11.3 Å². The van der Waals surface area contributed by atoms with Crippen molar-refractivity contribution < 1.29 is 9.53 Å². The van der Waals surface area contributed by atoms with E-state index in [9.17, 15) is 4.79 Å². The quantitative estimate of drug-likeness (QED) is 0.635. The summed E-state index contributed by atoms with van der Waals surface area (Å²) in [6, 6.07) is 5.63. The molecule has 27 heavy (non-hydrogen) atoms. The first kappa shape index (κ1) is 18.8. The topological polar surface area (TPSA) is 112 Å². The van der Waals surface area contributed by atoms with Gasteiger partial charge in [-0.15, -0.1) is 0 Å². The SMILES string of the molecule is COc1ccc(-c2cn(C(=O)N(C)C3CCCCC3)cn2)cc1N=C(N)N. The van der Waals surface area contributed by atoms with Gasteiger partial charge in [0.1, 0.15) is 17.8 Å².